The zero-order chi connectivity index (χ0) is 17.2. The van der Waals surface area contributed by atoms with Crippen LogP contribution in [-0.2, 0) is 11.9 Å². The Hall–Kier alpha value is -2.13. The Bertz CT molecular complexity index is 838. The molecule has 0 saturated carbocycles. The number of aromatic nitrogens is 5. The molecule has 0 aliphatic heterocycles. The van der Waals surface area contributed by atoms with Gasteiger partial charge in [-0.3, -0.25) is 0 Å². The van der Waals surface area contributed by atoms with Crippen molar-refractivity contribution in [2.45, 2.75) is 17.0 Å². The molecule has 3 aromatic rings. The molecule has 10 heteroatoms. The minimum absolute atomic E-state index is 0.0106. The molecular weight excluding hydrogens is 363 g/mol. The molecule has 0 amide bonds. The number of nitrogens with zero attached hydrogens (tertiary/aromatic N) is 5. The standard InChI is InChI=1S/C14H9ClF3N5S/c15-9-4-5-11(10(7-9)14(16,17)18)23-12(20-21-22-23)8-24-13-3-1-2-6-19-13/h1-7H,8H2. The number of alkyl halides is 3. The number of hydrogen-bond acceptors (Lipinski definition) is 5. The molecule has 1 aromatic carbocycles. The zero-order valence-electron chi connectivity index (χ0n) is 11.9. The first-order valence-electron chi connectivity index (χ1n) is 6.63. The van der Waals surface area contributed by atoms with Crippen LogP contribution in [0.5, 0.6) is 0 Å². The average Bonchev–Trinajstić information content (AvgIpc) is 3.01. The van der Waals surface area contributed by atoms with E-state index in [-0.39, 0.29) is 22.3 Å². The van der Waals surface area contributed by atoms with Crippen molar-refractivity contribution in [3.05, 3.63) is 59.0 Å². The van der Waals surface area contributed by atoms with E-state index in [2.05, 4.69) is 20.5 Å². The summed E-state index contributed by atoms with van der Waals surface area (Å²) < 4.78 is 40.8. The van der Waals surface area contributed by atoms with Crippen molar-refractivity contribution in [2.24, 2.45) is 0 Å². The van der Waals surface area contributed by atoms with Crippen LogP contribution in [0.3, 0.4) is 0 Å². The van der Waals surface area contributed by atoms with Crippen LogP contribution in [0.4, 0.5) is 13.2 Å². The molecule has 0 fully saturated rings. The third-order valence-electron chi connectivity index (χ3n) is 3.01. The van der Waals surface area contributed by atoms with Gasteiger partial charge < -0.3 is 0 Å². The summed E-state index contributed by atoms with van der Waals surface area (Å²) in [5.41, 5.74) is -1.07. The van der Waals surface area contributed by atoms with Gasteiger partial charge >= 0.3 is 6.18 Å². The van der Waals surface area contributed by atoms with Crippen LogP contribution in [0.1, 0.15) is 11.4 Å². The predicted octanol–water partition coefficient (Wildman–Crippen LogP) is 4.02. The first-order chi connectivity index (χ1) is 11.4. The van der Waals surface area contributed by atoms with Crippen LogP contribution >= 0.6 is 23.4 Å². The summed E-state index contributed by atoms with van der Waals surface area (Å²) >= 11 is 7.01. The van der Waals surface area contributed by atoms with Crippen molar-refractivity contribution in [3.63, 3.8) is 0 Å². The first-order valence-corrected chi connectivity index (χ1v) is 8.00. The number of benzene rings is 1. The second-order valence-corrected chi connectivity index (χ2v) is 6.05. The molecule has 0 spiro atoms. The highest BCUT2D eigenvalue weighted by molar-refractivity contribution is 7.98. The Morgan fingerprint density at radius 3 is 2.71 bits per heavy atom. The Balaban J connectivity index is 1.93. The number of rotatable bonds is 4. The summed E-state index contributed by atoms with van der Waals surface area (Å²) in [7, 11) is 0. The van der Waals surface area contributed by atoms with Gasteiger partial charge in [0.15, 0.2) is 5.82 Å². The quantitative estimate of drug-likeness (QED) is 0.648. The maximum atomic E-state index is 13.2. The number of pyridine rings is 1. The minimum Gasteiger partial charge on any atom is -0.250 e. The fourth-order valence-electron chi connectivity index (χ4n) is 1.97. The number of tetrazole rings is 1. The molecule has 0 radical (unpaired) electrons. The molecule has 0 unspecified atom stereocenters. The van der Waals surface area contributed by atoms with E-state index in [1.54, 1.807) is 18.3 Å². The summed E-state index contributed by atoms with van der Waals surface area (Å²) in [5, 5.41) is 11.7. The molecule has 2 heterocycles. The summed E-state index contributed by atoms with van der Waals surface area (Å²) in [6.07, 6.45) is -2.94. The van der Waals surface area contributed by atoms with Crippen molar-refractivity contribution in [1.82, 2.24) is 25.2 Å². The van der Waals surface area contributed by atoms with Crippen LogP contribution in [0.15, 0.2) is 47.6 Å². The van der Waals surface area contributed by atoms with Gasteiger partial charge in [0.25, 0.3) is 0 Å². The van der Waals surface area contributed by atoms with Crippen LogP contribution in [-0.4, -0.2) is 25.2 Å². The van der Waals surface area contributed by atoms with Crippen molar-refractivity contribution >= 4 is 23.4 Å². The van der Waals surface area contributed by atoms with E-state index in [0.717, 1.165) is 15.8 Å². The molecule has 0 saturated heterocycles. The van der Waals surface area contributed by atoms with E-state index in [0.29, 0.717) is 0 Å². The monoisotopic (exact) mass is 371 g/mol. The maximum absolute atomic E-state index is 13.2. The number of hydrogen-bond donors (Lipinski definition) is 0. The van der Waals surface area contributed by atoms with Gasteiger partial charge in [0.1, 0.15) is 0 Å². The third kappa shape index (κ3) is 3.68. The highest BCUT2D eigenvalue weighted by Gasteiger charge is 2.35. The summed E-state index contributed by atoms with van der Waals surface area (Å²) in [5.74, 6) is 0.544. The molecule has 0 N–H and O–H groups in total. The maximum Gasteiger partial charge on any atom is 0.418 e. The molecule has 0 atom stereocenters. The highest BCUT2D eigenvalue weighted by Crippen LogP contribution is 2.35. The Kier molecular flexibility index (Phi) is 4.72. The van der Waals surface area contributed by atoms with E-state index in [1.807, 2.05) is 6.07 Å². The SMILES string of the molecule is FC(F)(F)c1cc(Cl)ccc1-n1nnnc1CSc1ccccn1. The van der Waals surface area contributed by atoms with Gasteiger partial charge in [0, 0.05) is 11.2 Å². The van der Waals surface area contributed by atoms with Crippen LogP contribution in [0, 0.1) is 0 Å². The molecule has 5 nitrogen and oxygen atoms in total. The molecule has 0 aliphatic rings. The van der Waals surface area contributed by atoms with Gasteiger partial charge in [0.2, 0.25) is 0 Å². The molecular formula is C14H9ClF3N5S. The number of thioether (sulfide) groups is 1. The van der Waals surface area contributed by atoms with Gasteiger partial charge in [-0.15, -0.1) is 5.10 Å². The van der Waals surface area contributed by atoms with Gasteiger partial charge in [-0.1, -0.05) is 29.4 Å². The third-order valence-corrected chi connectivity index (χ3v) is 4.19. The van der Waals surface area contributed by atoms with Crippen molar-refractivity contribution in [1.29, 1.82) is 0 Å². The van der Waals surface area contributed by atoms with E-state index >= 15 is 0 Å². The van der Waals surface area contributed by atoms with Crippen LogP contribution < -0.4 is 0 Å². The van der Waals surface area contributed by atoms with Crippen molar-refractivity contribution in [2.75, 3.05) is 0 Å². The summed E-state index contributed by atoms with van der Waals surface area (Å²) in [6.45, 7) is 0. The molecule has 0 bridgehead atoms. The fraction of sp³-hybridized carbons (Fsp3) is 0.143. The smallest absolute Gasteiger partial charge is 0.250 e. The average molecular weight is 372 g/mol. The Morgan fingerprint density at radius 1 is 1.17 bits per heavy atom. The first kappa shape index (κ1) is 16.7. The lowest BCUT2D eigenvalue weighted by Crippen LogP contribution is -2.13. The second-order valence-electron chi connectivity index (χ2n) is 4.62. The second kappa shape index (κ2) is 6.78. The minimum atomic E-state index is -4.57. The lowest BCUT2D eigenvalue weighted by molar-refractivity contribution is -0.137. The molecule has 2 aromatic heterocycles. The Morgan fingerprint density at radius 2 is 2.00 bits per heavy atom. The summed E-state index contributed by atoms with van der Waals surface area (Å²) in [4.78, 5) is 4.14. The van der Waals surface area contributed by atoms with E-state index < -0.39 is 11.7 Å². The van der Waals surface area contributed by atoms with Gasteiger partial charge in [-0.05, 0) is 40.8 Å². The fourth-order valence-corrected chi connectivity index (χ4v) is 2.91. The van der Waals surface area contributed by atoms with Crippen LogP contribution in [0.2, 0.25) is 5.02 Å². The van der Waals surface area contributed by atoms with Crippen molar-refractivity contribution in [3.8, 4) is 5.69 Å². The highest BCUT2D eigenvalue weighted by atomic mass is 35.5. The predicted molar refractivity (Wildman–Crippen MR) is 83.0 cm³/mol. The normalized spacial score (nSPS) is 11.7. The topological polar surface area (TPSA) is 56.5 Å². The van der Waals surface area contributed by atoms with E-state index in [9.17, 15) is 13.2 Å². The van der Waals surface area contributed by atoms with Crippen LogP contribution in [0.25, 0.3) is 5.69 Å². The summed E-state index contributed by atoms with van der Waals surface area (Å²) in [6, 6.07) is 8.85. The Labute approximate surface area is 143 Å². The largest absolute Gasteiger partial charge is 0.418 e. The molecule has 124 valence electrons. The zero-order valence-corrected chi connectivity index (χ0v) is 13.5. The molecule has 0 aliphatic carbocycles. The lowest BCUT2D eigenvalue weighted by atomic mass is 10.1. The lowest BCUT2D eigenvalue weighted by Gasteiger charge is -2.13. The van der Waals surface area contributed by atoms with Gasteiger partial charge in [0.05, 0.1) is 22.0 Å². The van der Waals surface area contributed by atoms with E-state index in [1.165, 1.54) is 23.9 Å². The van der Waals surface area contributed by atoms with Gasteiger partial charge in [-0.2, -0.15) is 17.9 Å². The van der Waals surface area contributed by atoms with Crippen molar-refractivity contribution < 1.29 is 13.2 Å². The molecule has 24 heavy (non-hydrogen) atoms. The number of halogens is 4. The van der Waals surface area contributed by atoms with Gasteiger partial charge in [-0.25, -0.2) is 4.98 Å². The molecule has 3 rings (SSSR count). The van der Waals surface area contributed by atoms with E-state index in [4.69, 9.17) is 11.6 Å².